The summed E-state index contributed by atoms with van der Waals surface area (Å²) in [4.78, 5) is 20.9. The predicted octanol–water partition coefficient (Wildman–Crippen LogP) is 5.01. The third kappa shape index (κ3) is 5.40. The highest BCUT2D eigenvalue weighted by Gasteiger charge is 2.08. The second kappa shape index (κ2) is 9.31. The van der Waals surface area contributed by atoms with Crippen molar-refractivity contribution in [3.63, 3.8) is 0 Å². The number of nitrogens with one attached hydrogen (secondary N) is 1. The fraction of sp³-hybridized carbons (Fsp3) is 0.0952. The van der Waals surface area contributed by atoms with E-state index in [2.05, 4.69) is 15.3 Å². The Labute approximate surface area is 175 Å². The number of aromatic nitrogens is 2. The van der Waals surface area contributed by atoms with E-state index in [1.807, 2.05) is 29.0 Å². The van der Waals surface area contributed by atoms with Gasteiger partial charge in [0.15, 0.2) is 0 Å². The molecule has 1 N–H and O–H groups in total. The van der Waals surface area contributed by atoms with Crippen molar-refractivity contribution < 1.29 is 14.3 Å². The molecule has 0 spiro atoms. The molecule has 6 nitrogen and oxygen atoms in total. The Morgan fingerprint density at radius 2 is 1.52 bits per heavy atom. The van der Waals surface area contributed by atoms with Gasteiger partial charge in [0.2, 0.25) is 0 Å². The van der Waals surface area contributed by atoms with Crippen LogP contribution in [0.2, 0.25) is 0 Å². The lowest BCUT2D eigenvalue weighted by molar-refractivity contribution is 0.102. The summed E-state index contributed by atoms with van der Waals surface area (Å²) >= 11 is 3.06. The molecule has 4 rings (SSSR count). The van der Waals surface area contributed by atoms with Crippen LogP contribution < -0.4 is 14.8 Å². The highest BCUT2D eigenvalue weighted by molar-refractivity contribution is 7.07. The number of benzene rings is 2. The Hall–Kier alpha value is -3.23. The molecule has 0 unspecified atom stereocenters. The summed E-state index contributed by atoms with van der Waals surface area (Å²) < 4.78 is 11.4. The summed E-state index contributed by atoms with van der Waals surface area (Å²) in [5, 5.41) is 6.77. The molecule has 0 atom stereocenters. The molecule has 2 aromatic heterocycles. The maximum atomic E-state index is 12.5. The molecule has 0 aliphatic heterocycles. The van der Waals surface area contributed by atoms with Crippen molar-refractivity contribution in [2.24, 2.45) is 0 Å². The Balaban J connectivity index is 1.33. The number of anilines is 1. The lowest BCUT2D eigenvalue weighted by Crippen LogP contribution is -2.11. The lowest BCUT2D eigenvalue weighted by atomic mass is 10.2. The number of hydrogen-bond acceptors (Lipinski definition) is 7. The number of thiazole rings is 2. The summed E-state index contributed by atoms with van der Waals surface area (Å²) in [7, 11) is 0. The minimum Gasteiger partial charge on any atom is -0.487 e. The Bertz CT molecular complexity index is 1050. The van der Waals surface area contributed by atoms with Crippen molar-refractivity contribution in [1.29, 1.82) is 0 Å². The summed E-state index contributed by atoms with van der Waals surface area (Å²) in [5.41, 5.74) is 6.50. The molecule has 0 aliphatic carbocycles. The van der Waals surface area contributed by atoms with Crippen LogP contribution in [-0.2, 0) is 13.2 Å². The molecule has 0 bridgehead atoms. The number of rotatable bonds is 8. The van der Waals surface area contributed by atoms with Crippen molar-refractivity contribution in [1.82, 2.24) is 9.97 Å². The van der Waals surface area contributed by atoms with Gasteiger partial charge in [-0.2, -0.15) is 0 Å². The van der Waals surface area contributed by atoms with Crippen LogP contribution in [0.25, 0.3) is 0 Å². The second-order valence-corrected chi connectivity index (χ2v) is 7.48. The molecule has 0 saturated carbocycles. The van der Waals surface area contributed by atoms with Crippen LogP contribution in [0.3, 0.4) is 0 Å². The van der Waals surface area contributed by atoms with Crippen molar-refractivity contribution >= 4 is 34.3 Å². The molecule has 4 aromatic rings. The molecule has 8 heteroatoms. The van der Waals surface area contributed by atoms with Crippen molar-refractivity contribution in [3.8, 4) is 11.5 Å². The van der Waals surface area contributed by atoms with Gasteiger partial charge in [-0.15, -0.1) is 22.7 Å². The third-order valence-corrected chi connectivity index (χ3v) is 5.22. The highest BCUT2D eigenvalue weighted by atomic mass is 32.1. The van der Waals surface area contributed by atoms with Gasteiger partial charge in [0.1, 0.15) is 24.7 Å². The predicted molar refractivity (Wildman–Crippen MR) is 114 cm³/mol. The summed E-state index contributed by atoms with van der Waals surface area (Å²) in [6, 6.07) is 14.3. The number of hydrogen-bond donors (Lipinski definition) is 1. The molecule has 0 radical (unpaired) electrons. The third-order valence-electron chi connectivity index (χ3n) is 3.95. The van der Waals surface area contributed by atoms with Crippen LogP contribution in [0.15, 0.2) is 70.3 Å². The normalized spacial score (nSPS) is 10.5. The van der Waals surface area contributed by atoms with E-state index in [1.165, 1.54) is 22.7 Å². The minimum absolute atomic E-state index is 0.201. The molecule has 1 amide bonds. The molecule has 0 saturated heterocycles. The smallest absolute Gasteiger partial charge is 0.255 e. The molecule has 2 heterocycles. The molecule has 0 aliphatic rings. The number of amides is 1. The second-order valence-electron chi connectivity index (χ2n) is 6.04. The van der Waals surface area contributed by atoms with Crippen LogP contribution in [0.4, 0.5) is 5.69 Å². The van der Waals surface area contributed by atoms with Gasteiger partial charge in [-0.1, -0.05) is 6.07 Å². The molecule has 0 fully saturated rings. The Kier molecular flexibility index (Phi) is 6.13. The van der Waals surface area contributed by atoms with E-state index < -0.39 is 0 Å². The van der Waals surface area contributed by atoms with E-state index in [4.69, 9.17) is 9.47 Å². The zero-order chi connectivity index (χ0) is 19.9. The molecule has 29 heavy (non-hydrogen) atoms. The van der Waals surface area contributed by atoms with E-state index in [0.717, 1.165) is 11.4 Å². The van der Waals surface area contributed by atoms with Crippen molar-refractivity contribution in [3.05, 3.63) is 87.3 Å². The fourth-order valence-electron chi connectivity index (χ4n) is 2.50. The first-order valence-corrected chi connectivity index (χ1v) is 10.7. The zero-order valence-corrected chi connectivity index (χ0v) is 16.9. The Morgan fingerprint density at radius 3 is 2.14 bits per heavy atom. The number of carbonyl (C=O) groups is 1. The van der Waals surface area contributed by atoms with Crippen LogP contribution in [0.1, 0.15) is 21.7 Å². The number of ether oxygens (including phenoxy) is 2. The first-order chi connectivity index (χ1) is 14.3. The first-order valence-electron chi connectivity index (χ1n) is 8.77. The quantitative estimate of drug-likeness (QED) is 0.431. The van der Waals surface area contributed by atoms with E-state index in [-0.39, 0.29) is 5.91 Å². The van der Waals surface area contributed by atoms with Crippen LogP contribution in [0.5, 0.6) is 11.5 Å². The van der Waals surface area contributed by atoms with Gasteiger partial charge in [-0.25, -0.2) is 9.97 Å². The average Bonchev–Trinajstić information content (AvgIpc) is 3.45. The SMILES string of the molecule is O=C(Nc1cccc(OCc2cscn2)c1)c1ccc(OCc2cscn2)cc1. The van der Waals surface area contributed by atoms with Gasteiger partial charge in [-0.05, 0) is 36.4 Å². The Morgan fingerprint density at radius 1 is 0.862 bits per heavy atom. The van der Waals surface area contributed by atoms with Crippen LogP contribution >= 0.6 is 22.7 Å². The van der Waals surface area contributed by atoms with Crippen molar-refractivity contribution in [2.75, 3.05) is 5.32 Å². The van der Waals surface area contributed by atoms with Gasteiger partial charge < -0.3 is 14.8 Å². The first kappa shape index (κ1) is 19.1. The molecule has 146 valence electrons. The van der Waals surface area contributed by atoms with Crippen LogP contribution in [0, 0.1) is 0 Å². The standard InChI is InChI=1S/C21H17N3O3S2/c25-21(15-4-6-19(7-5-15)26-9-17-11-28-13-22-17)24-16-2-1-3-20(8-16)27-10-18-12-29-14-23-18/h1-8,11-14H,9-10H2,(H,24,25). The summed E-state index contributed by atoms with van der Waals surface area (Å²) in [6.45, 7) is 0.798. The van der Waals surface area contributed by atoms with E-state index in [1.54, 1.807) is 41.4 Å². The summed E-state index contributed by atoms with van der Waals surface area (Å²) in [5.74, 6) is 1.15. The van der Waals surface area contributed by atoms with E-state index >= 15 is 0 Å². The largest absolute Gasteiger partial charge is 0.487 e. The van der Waals surface area contributed by atoms with Crippen LogP contribution in [-0.4, -0.2) is 15.9 Å². The number of nitrogens with zero attached hydrogens (tertiary/aromatic N) is 2. The van der Waals surface area contributed by atoms with E-state index in [0.29, 0.717) is 36.0 Å². The highest BCUT2D eigenvalue weighted by Crippen LogP contribution is 2.20. The summed E-state index contributed by atoms with van der Waals surface area (Å²) in [6.07, 6.45) is 0. The molecular formula is C21H17N3O3S2. The minimum atomic E-state index is -0.201. The topological polar surface area (TPSA) is 73.3 Å². The average molecular weight is 424 g/mol. The zero-order valence-electron chi connectivity index (χ0n) is 15.3. The molecule has 2 aromatic carbocycles. The van der Waals surface area contributed by atoms with Gasteiger partial charge in [-0.3, -0.25) is 4.79 Å². The van der Waals surface area contributed by atoms with Crippen molar-refractivity contribution in [2.45, 2.75) is 13.2 Å². The number of carbonyl (C=O) groups excluding carboxylic acids is 1. The van der Waals surface area contributed by atoms with E-state index in [9.17, 15) is 4.79 Å². The molecular weight excluding hydrogens is 406 g/mol. The monoisotopic (exact) mass is 423 g/mol. The van der Waals surface area contributed by atoms with Gasteiger partial charge >= 0.3 is 0 Å². The lowest BCUT2D eigenvalue weighted by Gasteiger charge is -2.09. The van der Waals surface area contributed by atoms with Gasteiger partial charge in [0.25, 0.3) is 5.91 Å². The maximum absolute atomic E-state index is 12.5. The fourth-order valence-corrected chi connectivity index (χ4v) is 3.59. The van der Waals surface area contributed by atoms with Gasteiger partial charge in [0.05, 0.1) is 22.4 Å². The maximum Gasteiger partial charge on any atom is 0.255 e. The van der Waals surface area contributed by atoms with Gasteiger partial charge in [0, 0.05) is 28.1 Å².